The molecule has 0 radical (unpaired) electrons. The average molecular weight is 313 g/mol. The second-order valence-corrected chi connectivity index (χ2v) is 7.52. The second-order valence-electron chi connectivity index (χ2n) is 6.11. The zero-order valence-corrected chi connectivity index (χ0v) is 14.2. The van der Waals surface area contributed by atoms with E-state index in [1.54, 1.807) is 11.8 Å². The Hall–Kier alpha value is -1.74. The molecule has 3 heteroatoms. The molecular weight excluding hydrogens is 290 g/mol. The monoisotopic (exact) mass is 313 g/mol. The van der Waals surface area contributed by atoms with E-state index < -0.39 is 0 Å². The van der Waals surface area contributed by atoms with Crippen molar-refractivity contribution >= 4 is 17.7 Å². The lowest BCUT2D eigenvalue weighted by Crippen LogP contribution is -2.47. The summed E-state index contributed by atoms with van der Waals surface area (Å²) in [6, 6.07) is 20.3. The molecule has 0 spiro atoms. The van der Waals surface area contributed by atoms with Gasteiger partial charge >= 0.3 is 0 Å². The number of amides is 1. The van der Waals surface area contributed by atoms with Crippen LogP contribution in [0.3, 0.4) is 0 Å². The molecule has 116 valence electrons. The van der Waals surface area contributed by atoms with Gasteiger partial charge in [-0.2, -0.15) is 0 Å². The minimum Gasteiger partial charge on any atom is -0.350 e. The van der Waals surface area contributed by atoms with E-state index in [4.69, 9.17) is 0 Å². The van der Waals surface area contributed by atoms with Crippen molar-refractivity contribution in [2.24, 2.45) is 0 Å². The van der Waals surface area contributed by atoms with Gasteiger partial charge in [0, 0.05) is 10.4 Å². The van der Waals surface area contributed by atoms with Gasteiger partial charge in [0.1, 0.15) is 0 Å². The van der Waals surface area contributed by atoms with Gasteiger partial charge in [0.05, 0.1) is 5.25 Å². The highest BCUT2D eigenvalue weighted by Crippen LogP contribution is 2.23. The number of rotatable bonds is 6. The predicted molar refractivity (Wildman–Crippen MR) is 94.1 cm³/mol. The number of benzene rings is 2. The van der Waals surface area contributed by atoms with Gasteiger partial charge in [0.2, 0.25) is 5.91 Å². The van der Waals surface area contributed by atoms with Crippen LogP contribution in [0.5, 0.6) is 0 Å². The SMILES string of the molecule is C[C@H](Sc1ccccc1)C(=O)NC(C)(C)Cc1ccccc1. The predicted octanol–water partition coefficient (Wildman–Crippen LogP) is 4.30. The van der Waals surface area contributed by atoms with Crippen molar-refractivity contribution in [2.45, 2.75) is 42.9 Å². The summed E-state index contributed by atoms with van der Waals surface area (Å²) in [4.78, 5) is 13.5. The minimum atomic E-state index is -0.260. The topological polar surface area (TPSA) is 29.1 Å². The van der Waals surface area contributed by atoms with Gasteiger partial charge in [0.25, 0.3) is 0 Å². The minimum absolute atomic E-state index is 0.0785. The number of carbonyl (C=O) groups excluding carboxylic acids is 1. The van der Waals surface area contributed by atoms with Crippen LogP contribution in [0.15, 0.2) is 65.6 Å². The molecule has 22 heavy (non-hydrogen) atoms. The molecule has 0 unspecified atom stereocenters. The first kappa shape index (κ1) is 16.6. The lowest BCUT2D eigenvalue weighted by molar-refractivity contribution is -0.121. The van der Waals surface area contributed by atoms with E-state index in [-0.39, 0.29) is 16.7 Å². The Morgan fingerprint density at radius 3 is 2.18 bits per heavy atom. The standard InChI is InChI=1S/C19H23NOS/c1-15(22-17-12-8-5-9-13-17)18(21)20-19(2,3)14-16-10-6-4-7-11-16/h4-13,15H,14H2,1-3H3,(H,20,21)/t15-/m0/s1. The number of thioether (sulfide) groups is 1. The van der Waals surface area contributed by atoms with Crippen molar-refractivity contribution in [3.63, 3.8) is 0 Å². The van der Waals surface area contributed by atoms with Crippen LogP contribution >= 0.6 is 11.8 Å². The van der Waals surface area contributed by atoms with Crippen LogP contribution in [0.4, 0.5) is 0 Å². The largest absolute Gasteiger partial charge is 0.350 e. The molecule has 0 bridgehead atoms. The molecule has 0 heterocycles. The molecule has 0 aliphatic rings. The van der Waals surface area contributed by atoms with Crippen LogP contribution in [-0.4, -0.2) is 16.7 Å². The van der Waals surface area contributed by atoms with Crippen molar-refractivity contribution in [3.05, 3.63) is 66.2 Å². The number of carbonyl (C=O) groups is 1. The summed E-state index contributed by atoms with van der Waals surface area (Å²) in [6.07, 6.45) is 0.822. The fraction of sp³-hybridized carbons (Fsp3) is 0.316. The van der Waals surface area contributed by atoms with Crippen molar-refractivity contribution in [3.8, 4) is 0 Å². The first-order valence-electron chi connectivity index (χ1n) is 7.54. The summed E-state index contributed by atoms with van der Waals surface area (Å²) in [5.41, 5.74) is 0.973. The molecule has 1 N–H and O–H groups in total. The molecule has 0 aromatic heterocycles. The third-order valence-corrected chi connectivity index (χ3v) is 4.49. The Morgan fingerprint density at radius 1 is 1.05 bits per heavy atom. The van der Waals surface area contributed by atoms with Gasteiger partial charge in [0.15, 0.2) is 0 Å². The lowest BCUT2D eigenvalue weighted by Gasteiger charge is -2.28. The van der Waals surface area contributed by atoms with Gasteiger partial charge in [-0.05, 0) is 44.9 Å². The molecule has 0 aliphatic carbocycles. The van der Waals surface area contributed by atoms with E-state index in [1.807, 2.05) is 55.5 Å². The highest BCUT2D eigenvalue weighted by Gasteiger charge is 2.24. The molecule has 0 saturated carbocycles. The molecule has 2 rings (SSSR count). The summed E-state index contributed by atoms with van der Waals surface area (Å²) < 4.78 is 0. The van der Waals surface area contributed by atoms with Crippen molar-refractivity contribution < 1.29 is 4.79 Å². The zero-order valence-electron chi connectivity index (χ0n) is 13.4. The number of hydrogen-bond acceptors (Lipinski definition) is 2. The van der Waals surface area contributed by atoms with Gasteiger partial charge in [-0.1, -0.05) is 48.5 Å². The maximum atomic E-state index is 12.4. The van der Waals surface area contributed by atoms with Crippen molar-refractivity contribution in [1.29, 1.82) is 0 Å². The number of hydrogen-bond donors (Lipinski definition) is 1. The van der Waals surface area contributed by atoms with Crippen LogP contribution in [0.2, 0.25) is 0 Å². The van der Waals surface area contributed by atoms with Gasteiger partial charge in [-0.15, -0.1) is 11.8 Å². The molecule has 2 nitrogen and oxygen atoms in total. The first-order valence-corrected chi connectivity index (χ1v) is 8.42. The Morgan fingerprint density at radius 2 is 1.59 bits per heavy atom. The van der Waals surface area contributed by atoms with E-state index >= 15 is 0 Å². The van der Waals surface area contributed by atoms with Gasteiger partial charge in [-0.3, -0.25) is 4.79 Å². The Labute approximate surface area is 137 Å². The maximum Gasteiger partial charge on any atom is 0.233 e. The Balaban J connectivity index is 1.92. The van der Waals surface area contributed by atoms with Crippen LogP contribution in [0.25, 0.3) is 0 Å². The average Bonchev–Trinajstić information content (AvgIpc) is 2.48. The van der Waals surface area contributed by atoms with E-state index in [0.29, 0.717) is 0 Å². The first-order chi connectivity index (χ1) is 10.5. The molecule has 0 aliphatic heterocycles. The maximum absolute atomic E-state index is 12.4. The second kappa shape index (κ2) is 7.50. The molecule has 1 atom stereocenters. The van der Waals surface area contributed by atoms with Crippen LogP contribution in [0.1, 0.15) is 26.3 Å². The number of nitrogens with one attached hydrogen (secondary N) is 1. The van der Waals surface area contributed by atoms with Crippen molar-refractivity contribution in [1.82, 2.24) is 5.32 Å². The van der Waals surface area contributed by atoms with Gasteiger partial charge < -0.3 is 5.32 Å². The normalized spacial score (nSPS) is 12.7. The molecule has 0 saturated heterocycles. The fourth-order valence-corrected chi connectivity index (χ4v) is 3.23. The zero-order chi connectivity index (χ0) is 16.0. The summed E-state index contributed by atoms with van der Waals surface area (Å²) >= 11 is 1.59. The Bertz CT molecular complexity index is 595. The summed E-state index contributed by atoms with van der Waals surface area (Å²) in [5, 5.41) is 3.05. The van der Waals surface area contributed by atoms with Crippen LogP contribution in [0, 0.1) is 0 Å². The van der Waals surface area contributed by atoms with Crippen molar-refractivity contribution in [2.75, 3.05) is 0 Å². The van der Waals surface area contributed by atoms with Gasteiger partial charge in [-0.25, -0.2) is 0 Å². The smallest absolute Gasteiger partial charge is 0.233 e. The van der Waals surface area contributed by atoms with E-state index in [0.717, 1.165) is 11.3 Å². The highest BCUT2D eigenvalue weighted by molar-refractivity contribution is 8.00. The van der Waals surface area contributed by atoms with E-state index in [2.05, 4.69) is 31.3 Å². The fourth-order valence-electron chi connectivity index (χ4n) is 2.34. The summed E-state index contributed by atoms with van der Waals surface area (Å²) in [5.74, 6) is 0.0785. The molecule has 2 aromatic rings. The quantitative estimate of drug-likeness (QED) is 0.805. The lowest BCUT2D eigenvalue weighted by atomic mass is 9.95. The highest BCUT2D eigenvalue weighted by atomic mass is 32.2. The molecule has 2 aromatic carbocycles. The summed E-state index contributed by atoms with van der Waals surface area (Å²) in [7, 11) is 0. The summed E-state index contributed by atoms with van der Waals surface area (Å²) in [6.45, 7) is 6.08. The molecule has 0 fully saturated rings. The third-order valence-electron chi connectivity index (χ3n) is 3.38. The van der Waals surface area contributed by atoms with E-state index in [9.17, 15) is 4.79 Å². The third kappa shape index (κ3) is 5.23. The Kier molecular flexibility index (Phi) is 5.67. The molecule has 1 amide bonds. The molecular formula is C19H23NOS. The van der Waals surface area contributed by atoms with E-state index in [1.165, 1.54) is 5.56 Å². The van der Waals surface area contributed by atoms with Crippen LogP contribution in [-0.2, 0) is 11.2 Å². The van der Waals surface area contributed by atoms with Crippen LogP contribution < -0.4 is 5.32 Å².